The van der Waals surface area contributed by atoms with Gasteiger partial charge in [0.15, 0.2) is 0 Å². The number of thioether (sulfide) groups is 1. The van der Waals surface area contributed by atoms with Gasteiger partial charge in [-0.3, -0.25) is 4.79 Å². The summed E-state index contributed by atoms with van der Waals surface area (Å²) in [6, 6.07) is 10.9. The van der Waals surface area contributed by atoms with Crippen LogP contribution in [-0.4, -0.2) is 11.2 Å². The molecule has 0 bridgehead atoms. The average molecular weight is 368 g/mol. The van der Waals surface area contributed by atoms with Gasteiger partial charge in [-0.15, -0.1) is 11.8 Å². The van der Waals surface area contributed by atoms with Crippen LogP contribution >= 0.6 is 11.8 Å². The molecule has 3 rings (SSSR count). The van der Waals surface area contributed by atoms with Crippen molar-refractivity contribution in [3.63, 3.8) is 0 Å². The Morgan fingerprint density at radius 1 is 1.12 bits per heavy atom. The summed E-state index contributed by atoms with van der Waals surface area (Å²) >= 11 is 1.69. The van der Waals surface area contributed by atoms with Gasteiger partial charge in [-0.2, -0.15) is 0 Å². The number of carbonyl (C=O) groups excluding carboxylic acids is 1. The molecule has 0 unspecified atom stereocenters. The van der Waals surface area contributed by atoms with Gasteiger partial charge in [0.05, 0.1) is 11.3 Å². The summed E-state index contributed by atoms with van der Waals surface area (Å²) in [6.07, 6.45) is 3.29. The van der Waals surface area contributed by atoms with Crippen LogP contribution in [0.1, 0.15) is 59.2 Å². The van der Waals surface area contributed by atoms with Crippen molar-refractivity contribution in [2.45, 2.75) is 70.1 Å². The summed E-state index contributed by atoms with van der Waals surface area (Å²) in [5.41, 5.74) is 7.85. The van der Waals surface area contributed by atoms with Gasteiger partial charge in [0, 0.05) is 4.90 Å². The van der Waals surface area contributed by atoms with E-state index in [-0.39, 0.29) is 17.2 Å². The van der Waals surface area contributed by atoms with Crippen LogP contribution in [0, 0.1) is 27.7 Å². The largest absolute Gasteiger partial charge is 0.348 e. The van der Waals surface area contributed by atoms with Gasteiger partial charge >= 0.3 is 0 Å². The molecule has 2 atom stereocenters. The minimum atomic E-state index is -0.109. The molecule has 1 amide bonds. The molecule has 0 aliphatic heterocycles. The number of hydrogen-bond acceptors (Lipinski definition) is 2. The van der Waals surface area contributed by atoms with Crippen molar-refractivity contribution in [1.82, 2.24) is 5.32 Å². The first-order valence-corrected chi connectivity index (χ1v) is 10.4. The Kier molecular flexibility index (Phi) is 5.76. The van der Waals surface area contributed by atoms with E-state index >= 15 is 0 Å². The molecule has 2 aromatic rings. The molecule has 0 fully saturated rings. The molecule has 0 aromatic heterocycles. The lowest BCUT2D eigenvalue weighted by Crippen LogP contribution is -2.36. The van der Waals surface area contributed by atoms with Gasteiger partial charge < -0.3 is 5.32 Å². The topological polar surface area (TPSA) is 29.1 Å². The molecule has 26 heavy (non-hydrogen) atoms. The van der Waals surface area contributed by atoms with E-state index < -0.39 is 0 Å². The van der Waals surface area contributed by atoms with Gasteiger partial charge in [-0.1, -0.05) is 30.3 Å². The summed E-state index contributed by atoms with van der Waals surface area (Å²) in [4.78, 5) is 14.1. The minimum absolute atomic E-state index is 0.109. The zero-order valence-corrected chi connectivity index (χ0v) is 17.3. The molecule has 0 saturated heterocycles. The standard InChI is InChI=1S/C23H29NOS/c1-14-13-15(2)17(4)22(16(14)3)26-18(5)23(25)24-21-12-8-10-19-9-6-7-11-20(19)21/h6-7,9,11,13,18,21H,8,10,12H2,1-5H3,(H,24,25)/t18-,21-/m0/s1. The highest BCUT2D eigenvalue weighted by Gasteiger charge is 2.25. The summed E-state index contributed by atoms with van der Waals surface area (Å²) in [6.45, 7) is 10.6. The highest BCUT2D eigenvalue weighted by molar-refractivity contribution is 8.00. The number of amides is 1. The summed E-state index contributed by atoms with van der Waals surface area (Å²) in [5, 5.41) is 3.19. The smallest absolute Gasteiger partial charge is 0.233 e. The molecule has 2 aromatic carbocycles. The first-order valence-electron chi connectivity index (χ1n) is 9.50. The molecular weight excluding hydrogens is 338 g/mol. The Hall–Kier alpha value is -1.74. The van der Waals surface area contributed by atoms with Crippen LogP contribution in [0.4, 0.5) is 0 Å². The Morgan fingerprint density at radius 2 is 1.77 bits per heavy atom. The molecule has 138 valence electrons. The molecule has 0 heterocycles. The molecule has 1 N–H and O–H groups in total. The molecule has 2 nitrogen and oxygen atoms in total. The van der Waals surface area contributed by atoms with Crippen molar-refractivity contribution in [2.24, 2.45) is 0 Å². The van der Waals surface area contributed by atoms with E-state index in [0.29, 0.717) is 0 Å². The van der Waals surface area contributed by atoms with Gasteiger partial charge in [0.1, 0.15) is 0 Å². The lowest BCUT2D eigenvalue weighted by molar-refractivity contribution is -0.121. The third-order valence-electron chi connectivity index (χ3n) is 5.65. The second-order valence-corrected chi connectivity index (χ2v) is 8.85. The first-order chi connectivity index (χ1) is 12.4. The number of benzene rings is 2. The van der Waals surface area contributed by atoms with Crippen molar-refractivity contribution >= 4 is 17.7 Å². The molecule has 1 aliphatic rings. The number of hydrogen-bond donors (Lipinski definition) is 1. The zero-order valence-electron chi connectivity index (χ0n) is 16.5. The molecule has 0 spiro atoms. The number of fused-ring (bicyclic) bond motifs is 1. The quantitative estimate of drug-likeness (QED) is 0.713. The maximum Gasteiger partial charge on any atom is 0.233 e. The summed E-state index contributed by atoms with van der Waals surface area (Å²) in [5.74, 6) is 0.134. The number of rotatable bonds is 4. The van der Waals surface area contributed by atoms with Gasteiger partial charge in [0.25, 0.3) is 0 Å². The SMILES string of the molecule is Cc1cc(C)c(C)c(S[C@@H](C)C(=O)N[C@H]2CCCc3ccccc32)c1C. The lowest BCUT2D eigenvalue weighted by atomic mass is 9.88. The van der Waals surface area contributed by atoms with Crippen molar-refractivity contribution in [1.29, 1.82) is 0 Å². The van der Waals surface area contributed by atoms with Gasteiger partial charge in [-0.25, -0.2) is 0 Å². The fourth-order valence-electron chi connectivity index (χ4n) is 3.78. The lowest BCUT2D eigenvalue weighted by Gasteiger charge is -2.27. The van der Waals surface area contributed by atoms with Crippen molar-refractivity contribution < 1.29 is 4.79 Å². The Bertz CT molecular complexity index is 801. The molecule has 0 saturated carbocycles. The van der Waals surface area contributed by atoms with Crippen LogP contribution in [0.25, 0.3) is 0 Å². The normalized spacial score (nSPS) is 17.5. The van der Waals surface area contributed by atoms with E-state index in [1.54, 1.807) is 11.8 Å². The van der Waals surface area contributed by atoms with Crippen LogP contribution in [0.15, 0.2) is 35.2 Å². The summed E-state index contributed by atoms with van der Waals surface area (Å²) < 4.78 is 0. The Balaban J connectivity index is 1.74. The average Bonchev–Trinajstić information content (AvgIpc) is 2.63. The minimum Gasteiger partial charge on any atom is -0.348 e. The van der Waals surface area contributed by atoms with E-state index in [1.807, 2.05) is 6.92 Å². The Labute approximate surface area is 161 Å². The Morgan fingerprint density at radius 3 is 2.46 bits per heavy atom. The van der Waals surface area contributed by atoms with E-state index in [0.717, 1.165) is 19.3 Å². The molecular formula is C23H29NOS. The van der Waals surface area contributed by atoms with Gasteiger partial charge in [-0.05, 0) is 87.3 Å². The van der Waals surface area contributed by atoms with Crippen LogP contribution in [0.3, 0.4) is 0 Å². The molecule has 3 heteroatoms. The number of carbonyl (C=O) groups is 1. The highest BCUT2D eigenvalue weighted by atomic mass is 32.2. The fraction of sp³-hybridized carbons (Fsp3) is 0.435. The monoisotopic (exact) mass is 367 g/mol. The summed E-state index contributed by atoms with van der Waals surface area (Å²) in [7, 11) is 0. The predicted molar refractivity (Wildman–Crippen MR) is 111 cm³/mol. The molecule has 1 aliphatic carbocycles. The molecule has 0 radical (unpaired) electrons. The van der Waals surface area contributed by atoms with E-state index in [1.165, 1.54) is 38.3 Å². The van der Waals surface area contributed by atoms with E-state index in [2.05, 4.69) is 63.3 Å². The van der Waals surface area contributed by atoms with Crippen molar-refractivity contribution in [3.8, 4) is 0 Å². The fourth-order valence-corrected chi connectivity index (χ4v) is 4.98. The predicted octanol–water partition coefficient (Wildman–Crippen LogP) is 5.59. The van der Waals surface area contributed by atoms with E-state index in [9.17, 15) is 4.79 Å². The zero-order chi connectivity index (χ0) is 18.8. The highest BCUT2D eigenvalue weighted by Crippen LogP contribution is 2.35. The van der Waals surface area contributed by atoms with Crippen molar-refractivity contribution in [3.05, 3.63) is 63.7 Å². The van der Waals surface area contributed by atoms with Crippen LogP contribution in [0.2, 0.25) is 0 Å². The third kappa shape index (κ3) is 3.83. The van der Waals surface area contributed by atoms with Crippen LogP contribution in [0.5, 0.6) is 0 Å². The second kappa shape index (κ2) is 7.87. The van der Waals surface area contributed by atoms with Gasteiger partial charge in [0.2, 0.25) is 5.91 Å². The third-order valence-corrected chi connectivity index (χ3v) is 7.06. The van der Waals surface area contributed by atoms with Crippen LogP contribution in [-0.2, 0) is 11.2 Å². The maximum atomic E-state index is 12.9. The number of nitrogens with one attached hydrogen (secondary N) is 1. The number of aryl methyl sites for hydroxylation is 3. The van der Waals surface area contributed by atoms with E-state index in [4.69, 9.17) is 0 Å². The van der Waals surface area contributed by atoms with Crippen LogP contribution < -0.4 is 5.32 Å². The maximum absolute atomic E-state index is 12.9. The van der Waals surface area contributed by atoms with Crippen molar-refractivity contribution in [2.75, 3.05) is 0 Å². The first kappa shape index (κ1) is 19.0. The second-order valence-electron chi connectivity index (χ2n) is 7.50.